The van der Waals surface area contributed by atoms with Crippen LogP contribution in [0.2, 0.25) is 0 Å². The first kappa shape index (κ1) is 10.9. The number of halogens is 3. The van der Waals surface area contributed by atoms with E-state index in [4.69, 9.17) is 4.74 Å². The fourth-order valence-corrected chi connectivity index (χ4v) is 0.935. The summed E-state index contributed by atoms with van der Waals surface area (Å²) in [5, 5.41) is 0. The van der Waals surface area contributed by atoms with Gasteiger partial charge in [0.15, 0.2) is 6.79 Å². The molecule has 78 valence electrons. The van der Waals surface area contributed by atoms with Crippen LogP contribution in [0.25, 0.3) is 0 Å². The fraction of sp³-hybridized carbons (Fsp3) is 0.250. The molecular weight excluding hydrogens is 196 g/mol. The lowest BCUT2D eigenvalue weighted by atomic mass is 9.80. The summed E-state index contributed by atoms with van der Waals surface area (Å²) < 4.78 is 46.2. The lowest BCUT2D eigenvalue weighted by Gasteiger charge is -2.15. The topological polar surface area (TPSA) is 18.5 Å². The van der Waals surface area contributed by atoms with Gasteiger partial charge in [-0.15, -0.1) is 5.46 Å². The zero-order valence-electron chi connectivity index (χ0n) is 7.54. The Morgan fingerprint density at radius 1 is 1.29 bits per heavy atom. The molecule has 0 heterocycles. The standard InChI is InChI=1S/C8H9BF3O2/c1-13-6-14-8-4-2-3-7(5-8)9(10,11)12/h2-5H,6H2,1H3/q-1. The average molecular weight is 205 g/mol. The highest BCUT2D eigenvalue weighted by atomic mass is 19.4. The van der Waals surface area contributed by atoms with Crippen molar-refractivity contribution in [1.29, 1.82) is 0 Å². The highest BCUT2D eigenvalue weighted by molar-refractivity contribution is 6.73. The number of rotatable bonds is 4. The Kier molecular flexibility index (Phi) is 3.40. The van der Waals surface area contributed by atoms with Crippen molar-refractivity contribution < 1.29 is 22.4 Å². The molecule has 0 aliphatic heterocycles. The van der Waals surface area contributed by atoms with Gasteiger partial charge in [-0.3, -0.25) is 0 Å². The number of hydrogen-bond acceptors (Lipinski definition) is 2. The van der Waals surface area contributed by atoms with Gasteiger partial charge in [0.05, 0.1) is 0 Å². The van der Waals surface area contributed by atoms with E-state index in [2.05, 4.69) is 4.74 Å². The first-order valence-corrected chi connectivity index (χ1v) is 3.95. The zero-order valence-corrected chi connectivity index (χ0v) is 7.54. The van der Waals surface area contributed by atoms with Gasteiger partial charge in [-0.1, -0.05) is 12.1 Å². The van der Waals surface area contributed by atoms with Crippen LogP contribution in [0.1, 0.15) is 0 Å². The summed E-state index contributed by atoms with van der Waals surface area (Å²) in [6.07, 6.45) is 0. The minimum Gasteiger partial charge on any atom is -0.468 e. The van der Waals surface area contributed by atoms with E-state index in [-0.39, 0.29) is 12.5 Å². The fourth-order valence-electron chi connectivity index (χ4n) is 0.935. The van der Waals surface area contributed by atoms with Crippen LogP contribution in [0.15, 0.2) is 24.3 Å². The lowest BCUT2D eigenvalue weighted by molar-refractivity contribution is 0.0512. The van der Waals surface area contributed by atoms with Crippen LogP contribution in [-0.2, 0) is 4.74 Å². The molecular formula is C8H9BF3O2-. The molecule has 0 saturated heterocycles. The molecule has 0 fully saturated rings. The Balaban J connectivity index is 2.79. The van der Waals surface area contributed by atoms with Gasteiger partial charge in [-0.05, 0) is 12.1 Å². The van der Waals surface area contributed by atoms with E-state index in [0.717, 1.165) is 12.1 Å². The summed E-state index contributed by atoms with van der Waals surface area (Å²) >= 11 is 0. The van der Waals surface area contributed by atoms with Crippen LogP contribution < -0.4 is 10.2 Å². The molecule has 1 aromatic rings. The Morgan fingerprint density at radius 2 is 2.00 bits per heavy atom. The summed E-state index contributed by atoms with van der Waals surface area (Å²) in [6, 6.07) is 4.72. The first-order valence-electron chi connectivity index (χ1n) is 3.95. The maximum absolute atomic E-state index is 12.3. The molecule has 0 N–H and O–H groups in total. The molecule has 0 aliphatic carbocycles. The second-order valence-electron chi connectivity index (χ2n) is 2.70. The van der Waals surface area contributed by atoms with Crippen molar-refractivity contribution in [1.82, 2.24) is 0 Å². The smallest absolute Gasteiger partial charge is 0.468 e. The molecule has 1 aromatic carbocycles. The highest BCUT2D eigenvalue weighted by Crippen LogP contribution is 2.14. The zero-order chi connectivity index (χ0) is 10.6. The molecule has 2 nitrogen and oxygen atoms in total. The molecule has 0 amide bonds. The maximum Gasteiger partial charge on any atom is 0.509 e. The Morgan fingerprint density at radius 3 is 2.57 bits per heavy atom. The van der Waals surface area contributed by atoms with Crippen molar-refractivity contribution in [3.63, 3.8) is 0 Å². The molecule has 6 heteroatoms. The third-order valence-electron chi connectivity index (χ3n) is 1.58. The van der Waals surface area contributed by atoms with Crippen LogP contribution in [0.3, 0.4) is 0 Å². The Bertz CT molecular complexity index is 301. The summed E-state index contributed by atoms with van der Waals surface area (Å²) in [4.78, 5) is 0. The molecule has 0 spiro atoms. The molecule has 0 saturated carbocycles. The molecule has 0 bridgehead atoms. The largest absolute Gasteiger partial charge is 0.509 e. The number of methoxy groups -OCH3 is 1. The van der Waals surface area contributed by atoms with E-state index in [1.165, 1.54) is 19.2 Å². The van der Waals surface area contributed by atoms with E-state index >= 15 is 0 Å². The molecule has 0 unspecified atom stereocenters. The van der Waals surface area contributed by atoms with Crippen molar-refractivity contribution in [3.05, 3.63) is 24.3 Å². The summed E-state index contributed by atoms with van der Waals surface area (Å²) in [6.45, 7) is -5.02. The Labute approximate surface area is 79.7 Å². The average Bonchev–Trinajstić information content (AvgIpc) is 2.14. The second-order valence-corrected chi connectivity index (χ2v) is 2.70. The molecule has 0 aliphatic rings. The van der Waals surface area contributed by atoms with Crippen LogP contribution >= 0.6 is 0 Å². The van der Waals surface area contributed by atoms with Crippen LogP contribution in [-0.4, -0.2) is 20.9 Å². The minimum atomic E-state index is -4.96. The number of hydrogen-bond donors (Lipinski definition) is 0. The van der Waals surface area contributed by atoms with Gasteiger partial charge >= 0.3 is 6.98 Å². The predicted molar refractivity (Wildman–Crippen MR) is 47.7 cm³/mol. The minimum absolute atomic E-state index is 0.0612. The third kappa shape index (κ3) is 2.95. The van der Waals surface area contributed by atoms with Gasteiger partial charge in [0.2, 0.25) is 0 Å². The molecule has 14 heavy (non-hydrogen) atoms. The van der Waals surface area contributed by atoms with E-state index < -0.39 is 12.4 Å². The van der Waals surface area contributed by atoms with Crippen LogP contribution in [0, 0.1) is 0 Å². The summed E-state index contributed by atoms with van der Waals surface area (Å²) in [7, 11) is 1.40. The Hall–Kier alpha value is -1.17. The molecule has 0 aromatic heterocycles. The van der Waals surface area contributed by atoms with Gasteiger partial charge in [0, 0.05) is 7.11 Å². The van der Waals surface area contributed by atoms with Gasteiger partial charge in [0.1, 0.15) is 5.75 Å². The third-order valence-corrected chi connectivity index (χ3v) is 1.58. The SMILES string of the molecule is COCOc1cccc([B-](F)(F)F)c1. The quantitative estimate of drug-likeness (QED) is 0.550. The van der Waals surface area contributed by atoms with E-state index in [1.54, 1.807) is 0 Å². The van der Waals surface area contributed by atoms with Crippen molar-refractivity contribution in [2.75, 3.05) is 13.9 Å². The van der Waals surface area contributed by atoms with E-state index in [0.29, 0.717) is 0 Å². The number of benzene rings is 1. The summed E-state index contributed by atoms with van der Waals surface area (Å²) in [5.41, 5.74) is -0.668. The van der Waals surface area contributed by atoms with Crippen molar-refractivity contribution in [2.45, 2.75) is 0 Å². The molecule has 1 rings (SSSR count). The van der Waals surface area contributed by atoms with Gasteiger partial charge < -0.3 is 22.4 Å². The lowest BCUT2D eigenvalue weighted by Crippen LogP contribution is -2.33. The van der Waals surface area contributed by atoms with Gasteiger partial charge in [-0.2, -0.15) is 0 Å². The second kappa shape index (κ2) is 4.37. The predicted octanol–water partition coefficient (Wildman–Crippen LogP) is 1.72. The van der Waals surface area contributed by atoms with Crippen molar-refractivity contribution in [2.24, 2.45) is 0 Å². The summed E-state index contributed by atoms with van der Waals surface area (Å²) in [5.74, 6) is 0.156. The first-order chi connectivity index (χ1) is 6.54. The monoisotopic (exact) mass is 205 g/mol. The highest BCUT2D eigenvalue weighted by Gasteiger charge is 2.25. The van der Waals surface area contributed by atoms with Crippen LogP contribution in [0.5, 0.6) is 5.75 Å². The van der Waals surface area contributed by atoms with Crippen LogP contribution in [0.4, 0.5) is 12.9 Å². The normalized spacial score (nSPS) is 11.4. The van der Waals surface area contributed by atoms with E-state index in [9.17, 15) is 12.9 Å². The number of ether oxygens (including phenoxy) is 2. The van der Waals surface area contributed by atoms with Crippen molar-refractivity contribution in [3.8, 4) is 5.75 Å². The molecule has 0 radical (unpaired) electrons. The maximum atomic E-state index is 12.3. The van der Waals surface area contributed by atoms with Gasteiger partial charge in [0.25, 0.3) is 0 Å². The van der Waals surface area contributed by atoms with Crippen molar-refractivity contribution >= 4 is 12.4 Å². The van der Waals surface area contributed by atoms with Gasteiger partial charge in [-0.25, -0.2) is 0 Å². The van der Waals surface area contributed by atoms with E-state index in [1.807, 2.05) is 0 Å². The molecule has 0 atom stereocenters.